The summed E-state index contributed by atoms with van der Waals surface area (Å²) in [6, 6.07) is 0. The van der Waals surface area contributed by atoms with Crippen LogP contribution in [0.15, 0.2) is 0 Å². The monoisotopic (exact) mass is 165 g/mol. The Hall–Kier alpha value is -0.160. The lowest BCUT2D eigenvalue weighted by molar-refractivity contribution is 0.0450. The van der Waals surface area contributed by atoms with Gasteiger partial charge in [0, 0.05) is 13.2 Å². The van der Waals surface area contributed by atoms with Crippen LogP contribution in [0.3, 0.4) is 0 Å². The van der Waals surface area contributed by atoms with Crippen molar-refractivity contribution < 1.29 is 21.4 Å². The average molecular weight is 165 g/mol. The first-order valence-electron chi connectivity index (χ1n) is 4.22. The molecular formula is C7H16O4. The van der Waals surface area contributed by atoms with Gasteiger partial charge in [0.15, 0.2) is 0 Å². The fourth-order valence-electron chi connectivity index (χ4n) is 0.474. The molecule has 68 valence electrons. The topological polar surface area (TPSA) is 69.9 Å². The minimum absolute atomic E-state index is 0.204. The lowest BCUT2D eigenvalue weighted by Crippen LogP contribution is -2.15. The molecule has 1 heterocycles. The standard InChI is InChI=1S/C4H8O.C3H8O3/c1-2-4-5-3-1;4-1-3(6)2-5/h1-4H2;3-6H,1-2H2/i3D;. The Kier molecular flexibility index (Phi) is 6.45. The lowest BCUT2D eigenvalue weighted by Gasteiger charge is -1.96. The minimum Gasteiger partial charge on any atom is -0.394 e. The molecule has 1 saturated heterocycles. The van der Waals surface area contributed by atoms with Crippen molar-refractivity contribution in [3.8, 4) is 0 Å². The Bertz CT molecular complexity index is 91.4. The van der Waals surface area contributed by atoms with Crippen molar-refractivity contribution in [1.29, 1.82) is 0 Å². The van der Waals surface area contributed by atoms with E-state index in [4.69, 9.17) is 21.4 Å². The van der Waals surface area contributed by atoms with E-state index in [0.29, 0.717) is 0 Å². The number of hydrogen-bond acceptors (Lipinski definition) is 4. The molecule has 0 aromatic heterocycles. The fraction of sp³-hybridized carbons (Fsp3) is 1.00. The van der Waals surface area contributed by atoms with Gasteiger partial charge in [0.25, 0.3) is 0 Å². The molecule has 0 aliphatic carbocycles. The van der Waals surface area contributed by atoms with Crippen molar-refractivity contribution in [1.82, 2.24) is 0 Å². The van der Waals surface area contributed by atoms with Crippen LogP contribution in [0.4, 0.5) is 0 Å². The SMILES string of the molecule is OCC(O)CO.[2H]C1CCCO1. The molecule has 0 bridgehead atoms. The maximum atomic E-state index is 8.17. The van der Waals surface area contributed by atoms with Crippen LogP contribution >= 0.6 is 0 Å². The first-order valence-corrected chi connectivity index (χ1v) is 3.64. The third-order valence-corrected chi connectivity index (χ3v) is 1.12. The van der Waals surface area contributed by atoms with Gasteiger partial charge < -0.3 is 20.1 Å². The Morgan fingerprint density at radius 1 is 1.36 bits per heavy atom. The minimum atomic E-state index is -0.954. The lowest BCUT2D eigenvalue weighted by atomic mass is 10.4. The molecule has 1 rings (SSSR count). The van der Waals surface area contributed by atoms with E-state index >= 15 is 0 Å². The smallest absolute Gasteiger partial charge is 0.100 e. The molecule has 1 fully saturated rings. The summed E-state index contributed by atoms with van der Waals surface area (Å²) in [4.78, 5) is 0. The van der Waals surface area contributed by atoms with Crippen molar-refractivity contribution in [3.05, 3.63) is 0 Å². The maximum absolute atomic E-state index is 8.17. The van der Waals surface area contributed by atoms with E-state index in [0.717, 1.165) is 19.4 Å². The largest absolute Gasteiger partial charge is 0.394 e. The maximum Gasteiger partial charge on any atom is 0.100 e. The molecule has 0 saturated carbocycles. The van der Waals surface area contributed by atoms with Crippen molar-refractivity contribution in [2.24, 2.45) is 0 Å². The van der Waals surface area contributed by atoms with Crippen molar-refractivity contribution in [3.63, 3.8) is 0 Å². The predicted molar refractivity (Wildman–Crippen MR) is 40.2 cm³/mol. The number of hydrogen-bond donors (Lipinski definition) is 3. The van der Waals surface area contributed by atoms with Crippen LogP contribution in [0.25, 0.3) is 0 Å². The molecule has 1 atom stereocenters. The van der Waals surface area contributed by atoms with E-state index in [2.05, 4.69) is 0 Å². The van der Waals surface area contributed by atoms with E-state index in [9.17, 15) is 0 Å². The van der Waals surface area contributed by atoms with E-state index in [1.54, 1.807) is 0 Å². The summed E-state index contributed by atoms with van der Waals surface area (Å²) >= 11 is 0. The summed E-state index contributed by atoms with van der Waals surface area (Å²) in [6.45, 7) is -0.133. The van der Waals surface area contributed by atoms with E-state index in [-0.39, 0.29) is 19.8 Å². The van der Waals surface area contributed by atoms with Gasteiger partial charge >= 0.3 is 0 Å². The van der Waals surface area contributed by atoms with Gasteiger partial charge in [-0.25, -0.2) is 0 Å². The molecule has 1 aliphatic heterocycles. The van der Waals surface area contributed by atoms with Gasteiger partial charge in [0.05, 0.1) is 14.6 Å². The molecule has 0 aromatic rings. The van der Waals surface area contributed by atoms with Gasteiger partial charge in [-0.15, -0.1) is 0 Å². The first kappa shape index (κ1) is 8.93. The number of rotatable bonds is 2. The van der Waals surface area contributed by atoms with Gasteiger partial charge in [-0.1, -0.05) is 0 Å². The van der Waals surface area contributed by atoms with Gasteiger partial charge in [0.2, 0.25) is 0 Å². The molecule has 1 unspecified atom stereocenters. The summed E-state index contributed by atoms with van der Waals surface area (Å²) in [5.41, 5.74) is 0. The summed E-state index contributed by atoms with van der Waals surface area (Å²) in [5.74, 6) is 0. The van der Waals surface area contributed by atoms with E-state index in [1.807, 2.05) is 0 Å². The molecule has 0 radical (unpaired) electrons. The highest BCUT2D eigenvalue weighted by molar-refractivity contribution is 4.44. The Morgan fingerprint density at radius 3 is 2.09 bits per heavy atom. The summed E-state index contributed by atoms with van der Waals surface area (Å²) < 4.78 is 11.7. The van der Waals surface area contributed by atoms with Crippen LogP contribution in [0.5, 0.6) is 0 Å². The van der Waals surface area contributed by atoms with Gasteiger partial charge in [-0.3, -0.25) is 0 Å². The van der Waals surface area contributed by atoms with Crippen LogP contribution in [0.1, 0.15) is 14.2 Å². The normalized spacial score (nSPS) is 24.4. The van der Waals surface area contributed by atoms with Crippen LogP contribution in [-0.2, 0) is 4.74 Å². The summed E-state index contributed by atoms with van der Waals surface area (Å²) in [7, 11) is 0. The van der Waals surface area contributed by atoms with Crippen molar-refractivity contribution >= 4 is 0 Å². The predicted octanol–water partition coefficient (Wildman–Crippen LogP) is -0.871. The number of aliphatic hydroxyl groups excluding tert-OH is 3. The zero-order valence-corrected chi connectivity index (χ0v) is 6.44. The molecule has 3 N–H and O–H groups in total. The Balaban J connectivity index is 0.000000202. The van der Waals surface area contributed by atoms with E-state index < -0.39 is 6.10 Å². The first-order chi connectivity index (χ1) is 5.70. The Labute approximate surface area is 67.8 Å². The van der Waals surface area contributed by atoms with Gasteiger partial charge in [0.1, 0.15) is 6.10 Å². The second-order valence-corrected chi connectivity index (χ2v) is 2.20. The third-order valence-electron chi connectivity index (χ3n) is 1.12. The van der Waals surface area contributed by atoms with Gasteiger partial charge in [-0.2, -0.15) is 0 Å². The molecule has 0 spiro atoms. The van der Waals surface area contributed by atoms with E-state index in [1.165, 1.54) is 0 Å². The molecular weight excluding hydrogens is 148 g/mol. The van der Waals surface area contributed by atoms with Crippen LogP contribution in [0.2, 0.25) is 0 Å². The summed E-state index contributed by atoms with van der Waals surface area (Å²) in [6.07, 6.45) is 1.05. The second-order valence-electron chi connectivity index (χ2n) is 2.20. The highest BCUT2D eigenvalue weighted by atomic mass is 16.5. The zero-order valence-electron chi connectivity index (χ0n) is 7.44. The second kappa shape index (κ2) is 7.94. The number of aliphatic hydroxyl groups is 3. The van der Waals surface area contributed by atoms with Crippen molar-refractivity contribution in [2.75, 3.05) is 26.4 Å². The molecule has 1 aliphatic rings. The highest BCUT2D eigenvalue weighted by Gasteiger charge is 1.94. The Morgan fingerprint density at radius 2 is 2.00 bits per heavy atom. The van der Waals surface area contributed by atoms with Crippen LogP contribution in [-0.4, -0.2) is 47.8 Å². The molecule has 4 nitrogen and oxygen atoms in total. The molecule has 11 heavy (non-hydrogen) atoms. The van der Waals surface area contributed by atoms with Crippen LogP contribution in [0, 0.1) is 0 Å². The highest BCUT2D eigenvalue weighted by Crippen LogP contribution is 1.98. The summed E-state index contributed by atoms with van der Waals surface area (Å²) in [5, 5.41) is 24.0. The van der Waals surface area contributed by atoms with Gasteiger partial charge in [-0.05, 0) is 12.8 Å². The molecule has 0 aromatic carbocycles. The molecule has 0 amide bonds. The fourth-order valence-corrected chi connectivity index (χ4v) is 0.474. The van der Waals surface area contributed by atoms with Crippen LogP contribution < -0.4 is 0 Å². The average Bonchev–Trinajstić information content (AvgIpc) is 2.55. The quantitative estimate of drug-likeness (QED) is 0.497. The third kappa shape index (κ3) is 7.74. The van der Waals surface area contributed by atoms with Crippen molar-refractivity contribution in [2.45, 2.75) is 18.9 Å². The molecule has 4 heteroatoms. The number of ether oxygens (including phenoxy) is 1. The zero-order chi connectivity index (χ0) is 9.40.